The van der Waals surface area contributed by atoms with Crippen LogP contribution in [-0.2, 0) is 12.8 Å². The lowest BCUT2D eigenvalue weighted by Crippen LogP contribution is -2.37. The molecular weight excluding hydrogens is 392 g/mol. The molecule has 0 bridgehead atoms. The number of Topliss-reactive ketones (excluding diaryl/α,β-unsaturated/α-hetero) is 1. The molecule has 1 heterocycles. The molecule has 0 radical (unpaired) electrons. The number of benzene rings is 1. The van der Waals surface area contributed by atoms with Gasteiger partial charge >= 0.3 is 0 Å². The summed E-state index contributed by atoms with van der Waals surface area (Å²) in [6.45, 7) is 6.21. The smallest absolute Gasteiger partial charge is 0.250 e. The predicted octanol–water partition coefficient (Wildman–Crippen LogP) is 3.40. The highest BCUT2D eigenvalue weighted by molar-refractivity contribution is 6.00. The number of fused-ring (bicyclic) bond motifs is 1. The Morgan fingerprint density at radius 3 is 2.71 bits per heavy atom. The first-order valence-electron chi connectivity index (χ1n) is 11.2. The van der Waals surface area contributed by atoms with Gasteiger partial charge in [-0.05, 0) is 49.3 Å². The summed E-state index contributed by atoms with van der Waals surface area (Å²) in [5.74, 6) is -0.376. The van der Waals surface area contributed by atoms with Gasteiger partial charge in [0, 0.05) is 12.1 Å². The molecule has 7 nitrogen and oxygen atoms in total. The zero-order valence-corrected chi connectivity index (χ0v) is 18.6. The maximum absolute atomic E-state index is 12.9. The van der Waals surface area contributed by atoms with Crippen LogP contribution in [0.3, 0.4) is 0 Å². The van der Waals surface area contributed by atoms with Crippen LogP contribution in [0.4, 0.5) is 5.69 Å². The van der Waals surface area contributed by atoms with E-state index in [9.17, 15) is 14.7 Å². The van der Waals surface area contributed by atoms with Gasteiger partial charge in [0.25, 0.3) is 5.91 Å². The van der Waals surface area contributed by atoms with Crippen LogP contribution in [0.5, 0.6) is 0 Å². The fourth-order valence-electron chi connectivity index (χ4n) is 4.97. The van der Waals surface area contributed by atoms with E-state index in [1.807, 2.05) is 23.7 Å². The Bertz CT molecular complexity index is 1020. The quantitative estimate of drug-likeness (QED) is 0.681. The molecule has 166 valence electrons. The highest BCUT2D eigenvalue weighted by atomic mass is 16.3. The van der Waals surface area contributed by atoms with Crippen molar-refractivity contribution in [3.8, 4) is 5.69 Å². The number of nitrogens with zero attached hydrogens (tertiary/aromatic N) is 2. The third-order valence-electron chi connectivity index (χ3n) is 6.54. The predicted molar refractivity (Wildman–Crippen MR) is 120 cm³/mol. The normalized spacial score (nSPS) is 22.8. The van der Waals surface area contributed by atoms with Gasteiger partial charge in [-0.2, -0.15) is 5.10 Å². The van der Waals surface area contributed by atoms with E-state index in [1.165, 1.54) is 0 Å². The Hall–Kier alpha value is -2.67. The Balaban J connectivity index is 1.79. The number of aliphatic hydroxyl groups excluding tert-OH is 1. The van der Waals surface area contributed by atoms with E-state index < -0.39 is 12.0 Å². The minimum atomic E-state index is -0.521. The van der Waals surface area contributed by atoms with Crippen molar-refractivity contribution < 1.29 is 14.7 Å². The fraction of sp³-hybridized carbons (Fsp3) is 0.542. The van der Waals surface area contributed by atoms with Gasteiger partial charge in [-0.25, -0.2) is 4.68 Å². The maximum atomic E-state index is 12.9. The summed E-state index contributed by atoms with van der Waals surface area (Å²) in [5.41, 5.74) is 9.74. The van der Waals surface area contributed by atoms with E-state index in [0.717, 1.165) is 54.7 Å². The summed E-state index contributed by atoms with van der Waals surface area (Å²) in [6, 6.07) is 5.26. The van der Waals surface area contributed by atoms with Crippen LogP contribution in [0.25, 0.3) is 5.69 Å². The van der Waals surface area contributed by atoms with Crippen molar-refractivity contribution in [1.82, 2.24) is 9.78 Å². The van der Waals surface area contributed by atoms with E-state index >= 15 is 0 Å². The number of carbonyl (C=O) groups excluding carboxylic acids is 2. The molecule has 0 spiro atoms. The number of anilines is 1. The highest BCUT2D eigenvalue weighted by Crippen LogP contribution is 2.38. The standard InChI is InChI=1S/C24H32N4O3/c1-4-16-22-19(12-24(2,3)13-21(22)30)28(27-16)14-9-10-15(23(25)31)18(11-14)26-17-7-5-6-8-20(17)29/h9-11,17,20,26,29H,4-8,12-13H2,1-3H3,(H2,25,31). The Morgan fingerprint density at radius 1 is 1.29 bits per heavy atom. The molecule has 2 aliphatic rings. The van der Waals surface area contributed by atoms with Crippen molar-refractivity contribution in [2.24, 2.45) is 11.1 Å². The molecule has 4 N–H and O–H groups in total. The maximum Gasteiger partial charge on any atom is 0.250 e. The van der Waals surface area contributed by atoms with Crippen LogP contribution in [0, 0.1) is 5.41 Å². The number of hydrogen-bond donors (Lipinski definition) is 3. The van der Waals surface area contributed by atoms with Crippen LogP contribution in [0.1, 0.15) is 85.0 Å². The molecule has 2 unspecified atom stereocenters. The number of rotatable bonds is 5. The minimum Gasteiger partial charge on any atom is -0.391 e. The molecular formula is C24H32N4O3. The number of aromatic nitrogens is 2. The minimum absolute atomic E-state index is 0.125. The molecule has 0 saturated heterocycles. The second-order valence-corrected chi connectivity index (χ2v) is 9.67. The van der Waals surface area contributed by atoms with Gasteiger partial charge in [0.1, 0.15) is 0 Å². The molecule has 1 aromatic carbocycles. The lowest BCUT2D eigenvalue weighted by atomic mass is 9.75. The number of carbonyl (C=O) groups is 2. The molecule has 2 atom stereocenters. The summed E-state index contributed by atoms with van der Waals surface area (Å²) >= 11 is 0. The van der Waals surface area contributed by atoms with Gasteiger partial charge in [0.05, 0.1) is 40.3 Å². The van der Waals surface area contributed by atoms with Crippen molar-refractivity contribution in [2.45, 2.75) is 77.9 Å². The molecule has 31 heavy (non-hydrogen) atoms. The lowest BCUT2D eigenvalue weighted by Gasteiger charge is -2.30. The van der Waals surface area contributed by atoms with Crippen LogP contribution in [0.15, 0.2) is 18.2 Å². The molecule has 2 aliphatic carbocycles. The Kier molecular flexibility index (Phi) is 5.64. The molecule has 1 fully saturated rings. The summed E-state index contributed by atoms with van der Waals surface area (Å²) < 4.78 is 1.85. The third kappa shape index (κ3) is 4.11. The molecule has 4 rings (SSSR count). The lowest BCUT2D eigenvalue weighted by molar-refractivity contribution is 0.0909. The second kappa shape index (κ2) is 8.11. The first-order chi connectivity index (χ1) is 14.7. The van der Waals surface area contributed by atoms with Gasteiger partial charge in [-0.3, -0.25) is 9.59 Å². The first-order valence-corrected chi connectivity index (χ1v) is 11.2. The SMILES string of the molecule is CCc1nn(-c2ccc(C(N)=O)c(NC3CCCCC3O)c2)c2c1C(=O)CC(C)(C)C2. The second-order valence-electron chi connectivity index (χ2n) is 9.67. The largest absolute Gasteiger partial charge is 0.391 e. The average molecular weight is 425 g/mol. The van der Waals surface area contributed by atoms with Gasteiger partial charge in [-0.15, -0.1) is 0 Å². The number of primary amides is 1. The highest BCUT2D eigenvalue weighted by Gasteiger charge is 2.36. The summed E-state index contributed by atoms with van der Waals surface area (Å²) in [6.07, 6.45) is 5.11. The zero-order chi connectivity index (χ0) is 22.3. The van der Waals surface area contributed by atoms with Crippen LogP contribution >= 0.6 is 0 Å². The first kappa shape index (κ1) is 21.6. The molecule has 1 saturated carbocycles. The van der Waals surface area contributed by atoms with Crippen LogP contribution in [0.2, 0.25) is 0 Å². The van der Waals surface area contributed by atoms with Gasteiger partial charge in [0.15, 0.2) is 5.78 Å². The molecule has 1 aromatic heterocycles. The molecule has 1 amide bonds. The number of hydrogen-bond acceptors (Lipinski definition) is 5. The Morgan fingerprint density at radius 2 is 2.03 bits per heavy atom. The number of aliphatic hydroxyl groups is 1. The van der Waals surface area contributed by atoms with Gasteiger partial charge in [0.2, 0.25) is 0 Å². The van der Waals surface area contributed by atoms with Crippen molar-refractivity contribution in [1.29, 1.82) is 0 Å². The summed E-state index contributed by atoms with van der Waals surface area (Å²) in [7, 11) is 0. The fourth-order valence-corrected chi connectivity index (χ4v) is 4.97. The zero-order valence-electron chi connectivity index (χ0n) is 18.6. The van der Waals surface area contributed by atoms with E-state index in [1.54, 1.807) is 6.07 Å². The van der Waals surface area contributed by atoms with Crippen LogP contribution < -0.4 is 11.1 Å². The number of amides is 1. The third-order valence-corrected chi connectivity index (χ3v) is 6.54. The number of aryl methyl sites for hydroxylation is 1. The van der Waals surface area contributed by atoms with E-state index in [0.29, 0.717) is 24.1 Å². The van der Waals surface area contributed by atoms with E-state index in [-0.39, 0.29) is 17.2 Å². The van der Waals surface area contributed by atoms with Crippen molar-refractivity contribution in [2.75, 3.05) is 5.32 Å². The van der Waals surface area contributed by atoms with Crippen molar-refractivity contribution in [3.63, 3.8) is 0 Å². The van der Waals surface area contributed by atoms with E-state index in [2.05, 4.69) is 19.2 Å². The molecule has 0 aliphatic heterocycles. The van der Waals surface area contributed by atoms with Crippen molar-refractivity contribution in [3.05, 3.63) is 40.7 Å². The monoisotopic (exact) mass is 424 g/mol. The Labute approximate surface area is 183 Å². The van der Waals surface area contributed by atoms with Gasteiger partial charge in [-0.1, -0.05) is 33.6 Å². The summed E-state index contributed by atoms with van der Waals surface area (Å²) in [4.78, 5) is 24.9. The van der Waals surface area contributed by atoms with Crippen molar-refractivity contribution >= 4 is 17.4 Å². The number of nitrogens with two attached hydrogens (primary N) is 1. The van der Waals surface area contributed by atoms with Gasteiger partial charge < -0.3 is 16.2 Å². The summed E-state index contributed by atoms with van der Waals surface area (Å²) in [5, 5.41) is 18.5. The van der Waals surface area contributed by atoms with E-state index in [4.69, 9.17) is 10.8 Å². The molecule has 2 aromatic rings. The molecule has 7 heteroatoms. The number of nitrogens with one attached hydrogen (secondary N) is 1. The van der Waals surface area contributed by atoms with Crippen LogP contribution in [-0.4, -0.2) is 38.7 Å². The number of ketones is 1. The average Bonchev–Trinajstić information content (AvgIpc) is 3.07. The topological polar surface area (TPSA) is 110 Å².